The van der Waals surface area contributed by atoms with Gasteiger partial charge in [0.25, 0.3) is 0 Å². The molecule has 1 unspecified atom stereocenters. The summed E-state index contributed by atoms with van der Waals surface area (Å²) in [6.45, 7) is 8.48. The van der Waals surface area contributed by atoms with Crippen molar-refractivity contribution in [3.63, 3.8) is 0 Å². The van der Waals surface area contributed by atoms with Crippen molar-refractivity contribution in [2.45, 2.75) is 53.0 Å². The second-order valence-corrected chi connectivity index (χ2v) is 5.60. The normalized spacial score (nSPS) is 12.9. The first-order chi connectivity index (χ1) is 9.72. The van der Waals surface area contributed by atoms with E-state index in [9.17, 15) is 0 Å². The first-order valence-electron chi connectivity index (χ1n) is 7.74. The highest BCUT2D eigenvalue weighted by molar-refractivity contribution is 5.38. The quantitative estimate of drug-likeness (QED) is 0.802. The molecule has 4 nitrogen and oxygen atoms in total. The number of nitrogens with one attached hydrogen (secondary N) is 1. The Morgan fingerprint density at radius 3 is 2.95 bits per heavy atom. The lowest BCUT2D eigenvalue weighted by molar-refractivity contribution is 0.419. The molecule has 110 valence electrons. The van der Waals surface area contributed by atoms with Crippen LogP contribution in [0.25, 0.3) is 5.65 Å². The largest absolute Gasteiger partial charge is 0.312 e. The van der Waals surface area contributed by atoms with Gasteiger partial charge in [0.1, 0.15) is 0 Å². The summed E-state index contributed by atoms with van der Waals surface area (Å²) in [5.41, 5.74) is 3.11. The highest BCUT2D eigenvalue weighted by Crippen LogP contribution is 2.11. The fourth-order valence-corrected chi connectivity index (χ4v) is 2.49. The van der Waals surface area contributed by atoms with E-state index in [1.165, 1.54) is 31.2 Å². The number of nitrogens with zero attached hydrogens (tertiary/aromatic N) is 3. The molecule has 2 aromatic heterocycles. The van der Waals surface area contributed by atoms with Crippen molar-refractivity contribution >= 4 is 5.65 Å². The Kier molecular flexibility index (Phi) is 5.53. The van der Waals surface area contributed by atoms with E-state index in [0.717, 1.165) is 30.3 Å². The standard InChI is InChI=1S/C16H26N4/c1-4-6-7-14(5-2)9-17-10-15-11-18-16-8-13(3)19-20(16)12-15/h8,11-12,14,17H,4-7,9-10H2,1-3H3. The summed E-state index contributed by atoms with van der Waals surface area (Å²) in [5, 5.41) is 7.95. The van der Waals surface area contributed by atoms with Crippen LogP contribution in [0.15, 0.2) is 18.5 Å². The Hall–Kier alpha value is -1.42. The third kappa shape index (κ3) is 4.04. The SMILES string of the molecule is CCCCC(CC)CNCc1cnc2cc(C)nn2c1. The van der Waals surface area contributed by atoms with Gasteiger partial charge in [-0.2, -0.15) is 5.10 Å². The van der Waals surface area contributed by atoms with Gasteiger partial charge in [-0.1, -0.05) is 33.1 Å². The lowest BCUT2D eigenvalue weighted by Crippen LogP contribution is -2.22. The second-order valence-electron chi connectivity index (χ2n) is 5.60. The molecule has 0 aliphatic carbocycles. The number of aromatic nitrogens is 3. The van der Waals surface area contributed by atoms with Crippen molar-refractivity contribution < 1.29 is 0 Å². The van der Waals surface area contributed by atoms with Crippen LogP contribution in [0.5, 0.6) is 0 Å². The lowest BCUT2D eigenvalue weighted by atomic mass is 9.99. The Labute approximate surface area is 121 Å². The van der Waals surface area contributed by atoms with E-state index in [4.69, 9.17) is 0 Å². The van der Waals surface area contributed by atoms with Gasteiger partial charge in [0.05, 0.1) is 5.69 Å². The maximum atomic E-state index is 4.43. The van der Waals surface area contributed by atoms with Crippen molar-refractivity contribution in [3.05, 3.63) is 29.7 Å². The molecule has 0 saturated carbocycles. The Morgan fingerprint density at radius 2 is 2.20 bits per heavy atom. The molecule has 1 atom stereocenters. The van der Waals surface area contributed by atoms with Crippen LogP contribution in [-0.4, -0.2) is 21.1 Å². The zero-order valence-electron chi connectivity index (χ0n) is 12.9. The van der Waals surface area contributed by atoms with Crippen molar-refractivity contribution in [2.24, 2.45) is 5.92 Å². The first-order valence-corrected chi connectivity index (χ1v) is 7.74. The second kappa shape index (κ2) is 7.39. The molecule has 0 aliphatic rings. The van der Waals surface area contributed by atoms with Gasteiger partial charge >= 0.3 is 0 Å². The number of fused-ring (bicyclic) bond motifs is 1. The van der Waals surface area contributed by atoms with Crippen LogP contribution in [0.1, 0.15) is 50.8 Å². The number of rotatable bonds is 8. The summed E-state index contributed by atoms with van der Waals surface area (Å²) < 4.78 is 1.86. The van der Waals surface area contributed by atoms with Gasteiger partial charge in [0, 0.05) is 30.6 Å². The van der Waals surface area contributed by atoms with E-state index >= 15 is 0 Å². The Bertz CT molecular complexity index is 532. The average molecular weight is 274 g/mol. The molecule has 2 heterocycles. The monoisotopic (exact) mass is 274 g/mol. The smallest absolute Gasteiger partial charge is 0.155 e. The Balaban J connectivity index is 1.85. The van der Waals surface area contributed by atoms with Crippen LogP contribution in [0.3, 0.4) is 0 Å². The molecule has 4 heteroatoms. The van der Waals surface area contributed by atoms with Gasteiger partial charge in [-0.05, 0) is 25.8 Å². The van der Waals surface area contributed by atoms with Crippen molar-refractivity contribution in [2.75, 3.05) is 6.54 Å². The maximum Gasteiger partial charge on any atom is 0.155 e. The summed E-state index contributed by atoms with van der Waals surface area (Å²) in [6, 6.07) is 2.00. The third-order valence-corrected chi connectivity index (χ3v) is 3.79. The lowest BCUT2D eigenvalue weighted by Gasteiger charge is -2.15. The van der Waals surface area contributed by atoms with Crippen LogP contribution in [0.4, 0.5) is 0 Å². The maximum absolute atomic E-state index is 4.43. The molecule has 0 aliphatic heterocycles. The van der Waals surface area contributed by atoms with E-state index in [-0.39, 0.29) is 0 Å². The minimum atomic E-state index is 0.790. The summed E-state index contributed by atoms with van der Waals surface area (Å²) in [5.74, 6) is 0.790. The molecule has 1 N–H and O–H groups in total. The van der Waals surface area contributed by atoms with Crippen LogP contribution >= 0.6 is 0 Å². The fourth-order valence-electron chi connectivity index (χ4n) is 2.49. The van der Waals surface area contributed by atoms with Gasteiger partial charge in [0.15, 0.2) is 5.65 Å². The van der Waals surface area contributed by atoms with Gasteiger partial charge in [-0.3, -0.25) is 0 Å². The molecule has 0 saturated heterocycles. The average Bonchev–Trinajstić information content (AvgIpc) is 2.82. The molecule has 2 rings (SSSR count). The van der Waals surface area contributed by atoms with Gasteiger partial charge in [0.2, 0.25) is 0 Å². The molecule has 0 radical (unpaired) electrons. The molecule has 20 heavy (non-hydrogen) atoms. The predicted octanol–water partition coefficient (Wildman–Crippen LogP) is 3.34. The van der Waals surface area contributed by atoms with E-state index in [2.05, 4.69) is 35.4 Å². The van der Waals surface area contributed by atoms with Crippen molar-refractivity contribution in [1.82, 2.24) is 19.9 Å². The van der Waals surface area contributed by atoms with Crippen molar-refractivity contribution in [1.29, 1.82) is 0 Å². The summed E-state index contributed by atoms with van der Waals surface area (Å²) in [6.07, 6.45) is 9.21. The van der Waals surface area contributed by atoms with Gasteiger partial charge < -0.3 is 5.32 Å². The molecule has 0 bridgehead atoms. The van der Waals surface area contributed by atoms with E-state index in [1.54, 1.807) is 0 Å². The summed E-state index contributed by atoms with van der Waals surface area (Å²) in [4.78, 5) is 4.43. The fraction of sp³-hybridized carbons (Fsp3) is 0.625. The number of unbranched alkanes of at least 4 members (excludes halogenated alkanes) is 1. The number of hydrogen-bond donors (Lipinski definition) is 1. The molecule has 0 amide bonds. The van der Waals surface area contributed by atoms with E-state index in [0.29, 0.717) is 0 Å². The Morgan fingerprint density at radius 1 is 1.35 bits per heavy atom. The molecule has 0 aromatic carbocycles. The van der Waals surface area contributed by atoms with Crippen LogP contribution < -0.4 is 5.32 Å². The molecule has 0 fully saturated rings. The highest BCUT2D eigenvalue weighted by Gasteiger charge is 2.06. The summed E-state index contributed by atoms with van der Waals surface area (Å²) in [7, 11) is 0. The minimum Gasteiger partial charge on any atom is -0.312 e. The predicted molar refractivity (Wildman–Crippen MR) is 82.7 cm³/mol. The number of hydrogen-bond acceptors (Lipinski definition) is 3. The first kappa shape index (κ1) is 15.0. The zero-order chi connectivity index (χ0) is 14.4. The van der Waals surface area contributed by atoms with Gasteiger partial charge in [-0.25, -0.2) is 9.50 Å². The van der Waals surface area contributed by atoms with E-state index < -0.39 is 0 Å². The minimum absolute atomic E-state index is 0.790. The third-order valence-electron chi connectivity index (χ3n) is 3.79. The molecular formula is C16H26N4. The van der Waals surface area contributed by atoms with Crippen LogP contribution in [0, 0.1) is 12.8 Å². The molecule has 2 aromatic rings. The molecule has 0 spiro atoms. The van der Waals surface area contributed by atoms with Crippen LogP contribution in [0.2, 0.25) is 0 Å². The van der Waals surface area contributed by atoms with Gasteiger partial charge in [-0.15, -0.1) is 0 Å². The topological polar surface area (TPSA) is 42.2 Å². The summed E-state index contributed by atoms with van der Waals surface area (Å²) >= 11 is 0. The van der Waals surface area contributed by atoms with E-state index in [1.807, 2.05) is 23.7 Å². The number of aryl methyl sites for hydroxylation is 1. The van der Waals surface area contributed by atoms with Crippen molar-refractivity contribution in [3.8, 4) is 0 Å². The molecular weight excluding hydrogens is 248 g/mol. The van der Waals surface area contributed by atoms with Crippen LogP contribution in [-0.2, 0) is 6.54 Å². The highest BCUT2D eigenvalue weighted by atomic mass is 15.2. The zero-order valence-corrected chi connectivity index (χ0v) is 12.9.